The number of esters is 1. The fraction of sp³-hybridized carbons (Fsp3) is 0.818. The second-order valence-electron chi connectivity index (χ2n) is 4.40. The van der Waals surface area contributed by atoms with Crippen molar-refractivity contribution < 1.29 is 14.3 Å². The molecule has 2 rings (SSSR count). The zero-order chi connectivity index (χ0) is 10.1. The summed E-state index contributed by atoms with van der Waals surface area (Å²) in [5.74, 6) is 0.889. The number of ether oxygens (including phenoxy) is 1. The van der Waals surface area contributed by atoms with Gasteiger partial charge in [-0.2, -0.15) is 0 Å². The second kappa shape index (κ2) is 3.71. The van der Waals surface area contributed by atoms with Crippen LogP contribution in [0.3, 0.4) is 0 Å². The molecule has 0 aromatic heterocycles. The van der Waals surface area contributed by atoms with E-state index in [0.717, 1.165) is 25.5 Å². The number of carbonyl (C=O) groups is 2. The van der Waals surface area contributed by atoms with Crippen molar-refractivity contribution in [1.29, 1.82) is 0 Å². The fourth-order valence-electron chi connectivity index (χ4n) is 3.08. The highest BCUT2D eigenvalue weighted by atomic mass is 16.5. The molecule has 0 aliphatic heterocycles. The van der Waals surface area contributed by atoms with Crippen molar-refractivity contribution >= 4 is 12.3 Å². The number of fused-ring (bicyclic) bond motifs is 2. The van der Waals surface area contributed by atoms with Crippen LogP contribution in [0.4, 0.5) is 0 Å². The first-order chi connectivity index (χ1) is 6.76. The van der Waals surface area contributed by atoms with Gasteiger partial charge in [0.25, 0.3) is 0 Å². The summed E-state index contributed by atoms with van der Waals surface area (Å²) in [5, 5.41) is 0. The Kier molecular flexibility index (Phi) is 2.57. The summed E-state index contributed by atoms with van der Waals surface area (Å²) in [6.07, 6.45) is 4.00. The molecular weight excluding hydrogens is 180 g/mol. The summed E-state index contributed by atoms with van der Waals surface area (Å²) in [5.41, 5.74) is 0. The lowest BCUT2D eigenvalue weighted by Gasteiger charge is -2.24. The molecule has 2 fully saturated rings. The van der Waals surface area contributed by atoms with E-state index in [0.29, 0.717) is 12.5 Å². The van der Waals surface area contributed by atoms with E-state index in [9.17, 15) is 9.59 Å². The zero-order valence-electron chi connectivity index (χ0n) is 8.44. The van der Waals surface area contributed by atoms with Crippen LogP contribution < -0.4 is 0 Å². The number of rotatable bonds is 3. The Morgan fingerprint density at radius 1 is 1.43 bits per heavy atom. The lowest BCUT2D eigenvalue weighted by atomic mass is 9.81. The van der Waals surface area contributed by atoms with E-state index in [1.54, 1.807) is 0 Å². The summed E-state index contributed by atoms with van der Waals surface area (Å²) in [4.78, 5) is 22.3. The molecule has 78 valence electrons. The molecule has 0 radical (unpaired) electrons. The van der Waals surface area contributed by atoms with E-state index in [2.05, 4.69) is 0 Å². The minimum atomic E-state index is -0.0912. The lowest BCUT2D eigenvalue weighted by molar-refractivity contribution is -0.150. The van der Waals surface area contributed by atoms with Crippen LogP contribution >= 0.6 is 0 Å². The average molecular weight is 196 g/mol. The third-order valence-corrected chi connectivity index (χ3v) is 3.63. The Morgan fingerprint density at radius 3 is 2.79 bits per heavy atom. The second-order valence-corrected chi connectivity index (χ2v) is 4.40. The van der Waals surface area contributed by atoms with Gasteiger partial charge < -0.3 is 9.53 Å². The standard InChI is InChI=1S/C11H16O3/c1-2-14-11(13)10-5-7-3-8(6-12)9(10)4-7/h6-10H,2-5H2,1H3/t7-,8+,9-,10+/m0/s1. The predicted octanol–water partition coefficient (Wildman–Crippen LogP) is 1.41. The maximum atomic E-state index is 11.6. The third kappa shape index (κ3) is 1.45. The summed E-state index contributed by atoms with van der Waals surface area (Å²) in [6.45, 7) is 2.26. The molecule has 2 aliphatic rings. The first-order valence-electron chi connectivity index (χ1n) is 5.38. The van der Waals surface area contributed by atoms with Crippen molar-refractivity contribution in [1.82, 2.24) is 0 Å². The summed E-state index contributed by atoms with van der Waals surface area (Å²) in [6, 6.07) is 0. The van der Waals surface area contributed by atoms with E-state index in [1.807, 2.05) is 6.92 Å². The SMILES string of the molecule is CCOC(=O)[C@@H]1C[C@@H]2C[C@H]1[C@@H](C=O)C2. The molecule has 2 bridgehead atoms. The van der Waals surface area contributed by atoms with Gasteiger partial charge in [0.1, 0.15) is 6.29 Å². The Hall–Kier alpha value is -0.860. The summed E-state index contributed by atoms with van der Waals surface area (Å²) < 4.78 is 5.02. The van der Waals surface area contributed by atoms with Crippen LogP contribution in [0.15, 0.2) is 0 Å². The minimum Gasteiger partial charge on any atom is -0.466 e. The van der Waals surface area contributed by atoms with Gasteiger partial charge in [0, 0.05) is 5.92 Å². The fourth-order valence-corrected chi connectivity index (χ4v) is 3.08. The highest BCUT2D eigenvalue weighted by molar-refractivity contribution is 5.74. The molecule has 14 heavy (non-hydrogen) atoms. The molecule has 0 saturated heterocycles. The van der Waals surface area contributed by atoms with E-state index in [4.69, 9.17) is 4.74 Å². The first kappa shape index (κ1) is 9.69. The molecule has 2 saturated carbocycles. The third-order valence-electron chi connectivity index (χ3n) is 3.63. The summed E-state index contributed by atoms with van der Waals surface area (Å²) >= 11 is 0. The van der Waals surface area contributed by atoms with Gasteiger partial charge in [-0.3, -0.25) is 4.79 Å². The lowest BCUT2D eigenvalue weighted by Crippen LogP contribution is -2.29. The highest BCUT2D eigenvalue weighted by Crippen LogP contribution is 2.51. The van der Waals surface area contributed by atoms with Gasteiger partial charge >= 0.3 is 5.97 Å². The molecule has 3 nitrogen and oxygen atoms in total. The number of hydrogen-bond donors (Lipinski definition) is 0. The highest BCUT2D eigenvalue weighted by Gasteiger charge is 2.49. The van der Waals surface area contributed by atoms with Gasteiger partial charge in [0.05, 0.1) is 12.5 Å². The molecule has 2 aliphatic carbocycles. The van der Waals surface area contributed by atoms with Crippen molar-refractivity contribution in [3.8, 4) is 0 Å². The maximum Gasteiger partial charge on any atom is 0.309 e. The average Bonchev–Trinajstić information content (AvgIpc) is 2.76. The van der Waals surface area contributed by atoms with Gasteiger partial charge in [-0.25, -0.2) is 0 Å². The van der Waals surface area contributed by atoms with Gasteiger partial charge in [-0.15, -0.1) is 0 Å². The zero-order valence-corrected chi connectivity index (χ0v) is 8.44. The quantitative estimate of drug-likeness (QED) is 0.506. The molecular formula is C11H16O3. The van der Waals surface area contributed by atoms with Gasteiger partial charge in [-0.1, -0.05) is 0 Å². The van der Waals surface area contributed by atoms with E-state index in [-0.39, 0.29) is 23.7 Å². The number of aldehydes is 1. The van der Waals surface area contributed by atoms with Crippen LogP contribution in [-0.2, 0) is 14.3 Å². The van der Waals surface area contributed by atoms with E-state index < -0.39 is 0 Å². The van der Waals surface area contributed by atoms with Crippen LogP contribution in [0, 0.1) is 23.7 Å². The molecule has 0 aromatic carbocycles. The molecule has 0 N–H and O–H groups in total. The van der Waals surface area contributed by atoms with Crippen LogP contribution in [-0.4, -0.2) is 18.9 Å². The molecule has 0 aromatic rings. The van der Waals surface area contributed by atoms with Gasteiger partial charge in [-0.05, 0) is 38.0 Å². The van der Waals surface area contributed by atoms with Crippen LogP contribution in [0.5, 0.6) is 0 Å². The molecule has 4 atom stereocenters. The largest absolute Gasteiger partial charge is 0.466 e. The molecule has 0 spiro atoms. The smallest absolute Gasteiger partial charge is 0.309 e. The van der Waals surface area contributed by atoms with Crippen molar-refractivity contribution in [2.75, 3.05) is 6.61 Å². The van der Waals surface area contributed by atoms with Crippen molar-refractivity contribution in [3.05, 3.63) is 0 Å². The van der Waals surface area contributed by atoms with Crippen molar-refractivity contribution in [2.45, 2.75) is 26.2 Å². The molecule has 0 heterocycles. The van der Waals surface area contributed by atoms with Crippen molar-refractivity contribution in [3.63, 3.8) is 0 Å². The van der Waals surface area contributed by atoms with Crippen molar-refractivity contribution in [2.24, 2.45) is 23.7 Å². The van der Waals surface area contributed by atoms with E-state index in [1.165, 1.54) is 0 Å². The van der Waals surface area contributed by atoms with Crippen LogP contribution in [0.1, 0.15) is 26.2 Å². The Labute approximate surface area is 83.8 Å². The van der Waals surface area contributed by atoms with E-state index >= 15 is 0 Å². The predicted molar refractivity (Wildman–Crippen MR) is 50.5 cm³/mol. The van der Waals surface area contributed by atoms with Crippen LogP contribution in [0.2, 0.25) is 0 Å². The Balaban J connectivity index is 2.02. The number of carbonyl (C=O) groups excluding carboxylic acids is 2. The normalized spacial score (nSPS) is 39.8. The van der Waals surface area contributed by atoms with Gasteiger partial charge in [0.15, 0.2) is 0 Å². The Morgan fingerprint density at radius 2 is 2.21 bits per heavy atom. The maximum absolute atomic E-state index is 11.6. The topological polar surface area (TPSA) is 43.4 Å². The monoisotopic (exact) mass is 196 g/mol. The van der Waals surface area contributed by atoms with Crippen LogP contribution in [0.25, 0.3) is 0 Å². The molecule has 0 amide bonds. The van der Waals surface area contributed by atoms with Gasteiger partial charge in [0.2, 0.25) is 0 Å². The number of hydrogen-bond acceptors (Lipinski definition) is 3. The molecule has 0 unspecified atom stereocenters. The first-order valence-corrected chi connectivity index (χ1v) is 5.38. The Bertz CT molecular complexity index is 249. The molecule has 3 heteroatoms. The summed E-state index contributed by atoms with van der Waals surface area (Å²) in [7, 11) is 0. The minimum absolute atomic E-state index is 0.00361.